The largest absolute Gasteiger partial charge is 0.453 e. The molecule has 5 rings (SSSR count). The van der Waals surface area contributed by atoms with Gasteiger partial charge in [0.15, 0.2) is 11.6 Å². The van der Waals surface area contributed by atoms with Gasteiger partial charge >= 0.3 is 5.69 Å². The van der Waals surface area contributed by atoms with Gasteiger partial charge in [-0.2, -0.15) is 15.1 Å². The molecule has 1 aromatic carbocycles. The third-order valence-corrected chi connectivity index (χ3v) is 6.58. The molecular formula is C24H31N7O4. The first-order valence-electron chi connectivity index (χ1n) is 12.4. The first kappa shape index (κ1) is 23.1. The van der Waals surface area contributed by atoms with E-state index in [-0.39, 0.29) is 18.2 Å². The molecule has 1 N–H and O–H groups in total. The first-order valence-corrected chi connectivity index (χ1v) is 12.4. The van der Waals surface area contributed by atoms with Gasteiger partial charge < -0.3 is 19.3 Å². The van der Waals surface area contributed by atoms with Crippen LogP contribution in [0.25, 0.3) is 0 Å². The van der Waals surface area contributed by atoms with Crippen molar-refractivity contribution in [1.29, 1.82) is 0 Å². The Morgan fingerprint density at radius 3 is 2.29 bits per heavy atom. The Morgan fingerprint density at radius 2 is 1.60 bits per heavy atom. The molecule has 0 aliphatic carbocycles. The average molecular weight is 482 g/mol. The van der Waals surface area contributed by atoms with Crippen molar-refractivity contribution in [1.82, 2.24) is 9.97 Å². The number of hydrogen-bond donors (Lipinski definition) is 1. The standard InChI is InChI=1S/C24H31N7O4/c32-31(33)19-13-18(14-20-23(19)35-17-34-20)16-25-28-21-15-22(29-9-5-1-2-6-10-29)27-24(26-21)30-11-7-3-4-8-12-30/h13-16H,1-12,17H2,(H,26,27,28). The molecule has 2 aromatic rings. The quantitative estimate of drug-likeness (QED) is 0.365. The summed E-state index contributed by atoms with van der Waals surface area (Å²) in [6.07, 6.45) is 11.1. The van der Waals surface area contributed by atoms with Crippen LogP contribution >= 0.6 is 0 Å². The molecule has 11 nitrogen and oxygen atoms in total. The van der Waals surface area contributed by atoms with E-state index in [1.807, 2.05) is 6.07 Å². The van der Waals surface area contributed by atoms with Crippen molar-refractivity contribution >= 4 is 29.5 Å². The lowest BCUT2D eigenvalue weighted by atomic mass is 10.2. The van der Waals surface area contributed by atoms with Gasteiger partial charge in [0.05, 0.1) is 11.1 Å². The highest BCUT2D eigenvalue weighted by Crippen LogP contribution is 2.41. The molecular weight excluding hydrogens is 450 g/mol. The van der Waals surface area contributed by atoms with E-state index in [4.69, 9.17) is 19.4 Å². The van der Waals surface area contributed by atoms with Crippen LogP contribution in [0.4, 0.5) is 23.3 Å². The van der Waals surface area contributed by atoms with Crippen LogP contribution in [0.15, 0.2) is 23.3 Å². The Labute approximate surface area is 204 Å². The zero-order valence-electron chi connectivity index (χ0n) is 19.8. The molecule has 2 fully saturated rings. The van der Waals surface area contributed by atoms with E-state index in [0.717, 1.165) is 63.6 Å². The molecule has 0 unspecified atom stereocenters. The Bertz CT molecular complexity index is 1040. The van der Waals surface area contributed by atoms with Gasteiger partial charge in [-0.15, -0.1) is 0 Å². The number of benzene rings is 1. The lowest BCUT2D eigenvalue weighted by Crippen LogP contribution is -2.29. The molecule has 0 spiro atoms. The molecule has 35 heavy (non-hydrogen) atoms. The van der Waals surface area contributed by atoms with Crippen LogP contribution in [0.1, 0.15) is 56.9 Å². The third kappa shape index (κ3) is 5.55. The number of nitrogens with zero attached hydrogens (tertiary/aromatic N) is 6. The SMILES string of the molecule is O=[N+]([O-])c1cc(C=NNc2cc(N3CCCCCC3)nc(N3CCCCCC3)n2)cc2c1OCO2. The summed E-state index contributed by atoms with van der Waals surface area (Å²) < 4.78 is 10.6. The zero-order valence-corrected chi connectivity index (χ0v) is 19.8. The number of fused-ring (bicyclic) bond motifs is 1. The predicted octanol–water partition coefficient (Wildman–Crippen LogP) is 4.32. The Balaban J connectivity index is 1.39. The van der Waals surface area contributed by atoms with E-state index < -0.39 is 4.92 Å². The highest BCUT2D eigenvalue weighted by Gasteiger charge is 2.26. The van der Waals surface area contributed by atoms with Gasteiger partial charge in [-0.25, -0.2) is 0 Å². The van der Waals surface area contributed by atoms with Gasteiger partial charge in [0.25, 0.3) is 0 Å². The second-order valence-corrected chi connectivity index (χ2v) is 9.11. The normalized spacial score (nSPS) is 18.4. The summed E-state index contributed by atoms with van der Waals surface area (Å²) in [5, 5.41) is 15.7. The summed E-state index contributed by atoms with van der Waals surface area (Å²) in [7, 11) is 0. The monoisotopic (exact) mass is 481 g/mol. The van der Waals surface area contributed by atoms with E-state index >= 15 is 0 Å². The summed E-state index contributed by atoms with van der Waals surface area (Å²) in [5.74, 6) is 2.74. The van der Waals surface area contributed by atoms with E-state index in [9.17, 15) is 10.1 Å². The number of hydrogen-bond acceptors (Lipinski definition) is 10. The van der Waals surface area contributed by atoms with Crippen molar-refractivity contribution in [2.24, 2.45) is 5.10 Å². The zero-order chi connectivity index (χ0) is 24.0. The average Bonchev–Trinajstić information content (AvgIpc) is 3.05. The molecule has 0 radical (unpaired) electrons. The van der Waals surface area contributed by atoms with Crippen molar-refractivity contribution in [2.45, 2.75) is 51.4 Å². The summed E-state index contributed by atoms with van der Waals surface area (Å²) in [4.78, 5) is 25.2. The van der Waals surface area contributed by atoms with Crippen LogP contribution in [0.5, 0.6) is 11.5 Å². The van der Waals surface area contributed by atoms with Crippen molar-refractivity contribution in [3.63, 3.8) is 0 Å². The Hall–Kier alpha value is -3.63. The number of anilines is 3. The predicted molar refractivity (Wildman–Crippen MR) is 134 cm³/mol. The van der Waals surface area contributed by atoms with Crippen LogP contribution in [0, 0.1) is 10.1 Å². The number of nitrogens with one attached hydrogen (secondary N) is 1. The Morgan fingerprint density at radius 1 is 0.914 bits per heavy atom. The number of aromatic nitrogens is 2. The fourth-order valence-electron chi connectivity index (χ4n) is 4.75. The lowest BCUT2D eigenvalue weighted by Gasteiger charge is -2.25. The molecule has 0 bridgehead atoms. The molecule has 2 saturated heterocycles. The van der Waals surface area contributed by atoms with Gasteiger partial charge in [0, 0.05) is 43.9 Å². The van der Waals surface area contributed by atoms with Gasteiger partial charge in [0.2, 0.25) is 18.5 Å². The lowest BCUT2D eigenvalue weighted by molar-refractivity contribution is -0.385. The summed E-state index contributed by atoms with van der Waals surface area (Å²) in [6.45, 7) is 3.84. The first-order chi connectivity index (χ1) is 17.2. The fraction of sp³-hybridized carbons (Fsp3) is 0.542. The molecule has 1 aromatic heterocycles. The van der Waals surface area contributed by atoms with Gasteiger partial charge in [-0.05, 0) is 31.7 Å². The summed E-state index contributed by atoms with van der Waals surface area (Å²) >= 11 is 0. The highest BCUT2D eigenvalue weighted by molar-refractivity contribution is 5.84. The van der Waals surface area contributed by atoms with Gasteiger partial charge in [-0.1, -0.05) is 25.7 Å². The third-order valence-electron chi connectivity index (χ3n) is 6.58. The smallest absolute Gasteiger partial charge is 0.315 e. The second-order valence-electron chi connectivity index (χ2n) is 9.11. The van der Waals surface area contributed by atoms with E-state index in [2.05, 4.69) is 20.3 Å². The Kier molecular flexibility index (Phi) is 7.10. The molecule has 0 atom stereocenters. The van der Waals surface area contributed by atoms with E-state index in [1.165, 1.54) is 38.0 Å². The van der Waals surface area contributed by atoms with Crippen LogP contribution in [0.3, 0.4) is 0 Å². The number of nitro benzene ring substituents is 1. The fourth-order valence-corrected chi connectivity index (χ4v) is 4.75. The van der Waals surface area contributed by atoms with Crippen molar-refractivity contribution in [3.8, 4) is 11.5 Å². The van der Waals surface area contributed by atoms with Crippen LogP contribution < -0.4 is 24.7 Å². The number of rotatable bonds is 6. The van der Waals surface area contributed by atoms with Crippen molar-refractivity contribution in [2.75, 3.05) is 48.2 Å². The number of ether oxygens (including phenoxy) is 2. The summed E-state index contributed by atoms with van der Waals surface area (Å²) in [6, 6.07) is 5.03. The maximum absolute atomic E-state index is 11.4. The topological polar surface area (TPSA) is 118 Å². The van der Waals surface area contributed by atoms with Crippen LogP contribution in [-0.2, 0) is 0 Å². The molecule has 0 saturated carbocycles. The minimum Gasteiger partial charge on any atom is -0.453 e. The minimum absolute atomic E-state index is 0.0332. The minimum atomic E-state index is -0.483. The van der Waals surface area contributed by atoms with Gasteiger partial charge in [-0.3, -0.25) is 15.5 Å². The molecule has 0 amide bonds. The number of hydrazone groups is 1. The molecule has 4 heterocycles. The highest BCUT2D eigenvalue weighted by atomic mass is 16.7. The van der Waals surface area contributed by atoms with E-state index in [1.54, 1.807) is 6.07 Å². The van der Waals surface area contributed by atoms with Crippen molar-refractivity contribution < 1.29 is 14.4 Å². The molecule has 11 heteroatoms. The van der Waals surface area contributed by atoms with Crippen molar-refractivity contribution in [3.05, 3.63) is 33.9 Å². The van der Waals surface area contributed by atoms with Crippen LogP contribution in [0.2, 0.25) is 0 Å². The molecule has 186 valence electrons. The van der Waals surface area contributed by atoms with Gasteiger partial charge in [0.1, 0.15) is 5.82 Å². The number of nitro groups is 1. The maximum atomic E-state index is 11.4. The van der Waals surface area contributed by atoms with E-state index in [0.29, 0.717) is 17.1 Å². The van der Waals surface area contributed by atoms with Crippen LogP contribution in [-0.4, -0.2) is 54.1 Å². The molecule has 3 aliphatic heterocycles. The maximum Gasteiger partial charge on any atom is 0.315 e. The summed E-state index contributed by atoms with van der Waals surface area (Å²) in [5.41, 5.74) is 3.41. The second kappa shape index (κ2) is 10.7. The molecule has 3 aliphatic rings.